The number of nitrogens with zero attached hydrogens (tertiary/aromatic N) is 2. The maximum atomic E-state index is 13.4. The van der Waals surface area contributed by atoms with Crippen molar-refractivity contribution in [1.29, 1.82) is 0 Å². The molecule has 0 saturated heterocycles. The summed E-state index contributed by atoms with van der Waals surface area (Å²) in [5, 5.41) is 0. The average molecular weight is 1060 g/mol. The zero-order valence-corrected chi connectivity index (χ0v) is 45.5. The molecule has 0 bridgehead atoms. The van der Waals surface area contributed by atoms with Crippen molar-refractivity contribution >= 4 is 66.4 Å². The van der Waals surface area contributed by atoms with Crippen LogP contribution in [0.15, 0.2) is 106 Å². The van der Waals surface area contributed by atoms with E-state index in [0.29, 0.717) is 22.3 Å². The zero-order valence-electron chi connectivity index (χ0n) is 42.3. The van der Waals surface area contributed by atoms with Crippen molar-refractivity contribution in [3.05, 3.63) is 128 Å². The molecule has 0 unspecified atom stereocenters. The normalized spacial score (nSPS) is 10.9. The van der Waals surface area contributed by atoms with Gasteiger partial charge in [0.15, 0.2) is 0 Å². The van der Waals surface area contributed by atoms with Gasteiger partial charge in [-0.05, 0) is 123 Å². The molecule has 0 saturated carbocycles. The Kier molecular flexibility index (Phi) is 31.0. The summed E-state index contributed by atoms with van der Waals surface area (Å²) in [5.41, 5.74) is 4.08. The summed E-state index contributed by atoms with van der Waals surface area (Å²) in [6.07, 6.45) is 30.9. The highest BCUT2D eigenvalue weighted by atomic mass is 79.9. The second kappa shape index (κ2) is 36.1. The van der Waals surface area contributed by atoms with Crippen molar-refractivity contribution in [1.82, 2.24) is 0 Å². The van der Waals surface area contributed by atoms with E-state index in [4.69, 9.17) is 0 Å². The fraction of sp³-hybridized carbons (Fsp3) is 0.533. The van der Waals surface area contributed by atoms with Gasteiger partial charge in [0, 0.05) is 68.8 Å². The number of hydrogen-bond donors (Lipinski definition) is 0. The number of benzene rings is 4. The third-order valence-corrected chi connectivity index (χ3v) is 13.8. The first kappa shape index (κ1) is 58.4. The van der Waals surface area contributed by atoms with Gasteiger partial charge in [-0.2, -0.15) is 0 Å². The summed E-state index contributed by atoms with van der Waals surface area (Å²) in [5.74, 6) is -1.83. The molecule has 6 nitrogen and oxygen atoms in total. The lowest BCUT2D eigenvalue weighted by Crippen LogP contribution is -2.26. The summed E-state index contributed by atoms with van der Waals surface area (Å²) >= 11 is 6.57. The van der Waals surface area contributed by atoms with Gasteiger partial charge in [0.05, 0.1) is 0 Å². The summed E-state index contributed by atoms with van der Waals surface area (Å²) in [4.78, 5) is 55.7. The van der Waals surface area contributed by atoms with Crippen LogP contribution in [0.1, 0.15) is 223 Å². The maximum Gasteiger partial charge on any atom is 0.233 e. The van der Waals surface area contributed by atoms with E-state index in [1.54, 1.807) is 48.5 Å². The van der Waals surface area contributed by atoms with Crippen LogP contribution >= 0.6 is 31.9 Å². The van der Waals surface area contributed by atoms with Crippen molar-refractivity contribution in [2.75, 3.05) is 36.0 Å². The Balaban J connectivity index is 0.000000562. The van der Waals surface area contributed by atoms with Crippen LogP contribution in [0.25, 0.3) is 0 Å². The van der Waals surface area contributed by atoms with Gasteiger partial charge in [-0.1, -0.05) is 188 Å². The van der Waals surface area contributed by atoms with E-state index >= 15 is 0 Å². The van der Waals surface area contributed by atoms with Crippen molar-refractivity contribution in [2.45, 2.75) is 182 Å². The van der Waals surface area contributed by atoms with Crippen LogP contribution in [0.3, 0.4) is 0 Å². The lowest BCUT2D eigenvalue weighted by Gasteiger charge is -2.25. The molecular weight excluding hydrogens is 972 g/mol. The number of carbonyl (C=O) groups is 4. The molecule has 0 aliphatic rings. The van der Waals surface area contributed by atoms with Crippen LogP contribution < -0.4 is 9.80 Å². The molecule has 0 amide bonds. The minimum Gasteiger partial charge on any atom is -0.372 e. The van der Waals surface area contributed by atoms with Crippen LogP contribution in [-0.4, -0.2) is 49.3 Å². The molecule has 0 aliphatic heterocycles. The van der Waals surface area contributed by atoms with Gasteiger partial charge in [0.1, 0.15) is 0 Å². The predicted molar refractivity (Wildman–Crippen MR) is 296 cm³/mol. The van der Waals surface area contributed by atoms with Crippen LogP contribution in [-0.2, 0) is 0 Å². The van der Waals surface area contributed by atoms with E-state index in [2.05, 4.69) is 93.6 Å². The second-order valence-corrected chi connectivity index (χ2v) is 20.3. The van der Waals surface area contributed by atoms with Crippen LogP contribution in [0.4, 0.5) is 11.4 Å². The summed E-state index contributed by atoms with van der Waals surface area (Å²) < 4.78 is 1.74. The van der Waals surface area contributed by atoms with Crippen molar-refractivity contribution in [3.8, 4) is 0 Å². The first-order valence-corrected chi connectivity index (χ1v) is 28.1. The minimum atomic E-state index is -0.496. The maximum absolute atomic E-state index is 13.4. The lowest BCUT2D eigenvalue weighted by molar-refractivity contribution is 0.0817. The molecule has 0 spiro atoms. The molecule has 8 heteroatoms. The zero-order chi connectivity index (χ0) is 49.2. The Morgan fingerprint density at radius 1 is 0.294 bits per heavy atom. The molecule has 0 radical (unpaired) electrons. The Morgan fingerprint density at radius 3 is 0.706 bits per heavy atom. The standard InChI is InChI=1S/C46H76N2O2.C14H8Br2O2/c1-5-9-13-17-21-25-37-47(38-26-22-18-14-10-6-2)43-33-29-41(30-34-43)45(49)46(50)42-31-35-44(36-32-42)48(39-27-23-19-15-11-7-3)40-28-24-20-16-12-8-4;15-11-5-1-9(2-6-11)13(17)14(18)10-3-7-12(16)8-4-10/h29-36H,5-28,37-40H2,1-4H3;1-8H. The number of ketones is 4. The third-order valence-electron chi connectivity index (χ3n) is 12.7. The number of hydrogen-bond acceptors (Lipinski definition) is 6. The summed E-state index contributed by atoms with van der Waals surface area (Å²) in [7, 11) is 0. The monoisotopic (exact) mass is 1050 g/mol. The number of Topliss-reactive ketones (excluding diaryl/α,β-unsaturated/α-hetero) is 4. The molecule has 0 aliphatic carbocycles. The highest BCUT2D eigenvalue weighted by molar-refractivity contribution is 9.10. The lowest BCUT2D eigenvalue weighted by atomic mass is 10.0. The predicted octanol–water partition coefficient (Wildman–Crippen LogP) is 18.1. The Labute approximate surface area is 429 Å². The highest BCUT2D eigenvalue weighted by Crippen LogP contribution is 2.23. The van der Waals surface area contributed by atoms with E-state index in [9.17, 15) is 19.2 Å². The Bertz CT molecular complexity index is 1800. The topological polar surface area (TPSA) is 74.8 Å². The van der Waals surface area contributed by atoms with Crippen molar-refractivity contribution in [3.63, 3.8) is 0 Å². The smallest absolute Gasteiger partial charge is 0.233 e. The van der Waals surface area contributed by atoms with Gasteiger partial charge >= 0.3 is 0 Å². The Morgan fingerprint density at radius 2 is 0.485 bits per heavy atom. The molecule has 68 heavy (non-hydrogen) atoms. The number of unbranched alkanes of at least 4 members (excludes halogenated alkanes) is 20. The van der Waals surface area contributed by atoms with E-state index < -0.39 is 23.1 Å². The molecule has 0 N–H and O–H groups in total. The van der Waals surface area contributed by atoms with Crippen molar-refractivity contribution in [2.24, 2.45) is 0 Å². The molecule has 372 valence electrons. The number of carbonyl (C=O) groups excluding carboxylic acids is 4. The first-order chi connectivity index (χ1) is 33.1. The molecule has 4 aromatic rings. The minimum absolute atomic E-state index is 0.395. The molecule has 0 atom stereocenters. The third kappa shape index (κ3) is 23.2. The van der Waals surface area contributed by atoms with Gasteiger partial charge in [0.2, 0.25) is 23.1 Å². The molecule has 0 heterocycles. The van der Waals surface area contributed by atoms with E-state index in [1.165, 1.54) is 154 Å². The van der Waals surface area contributed by atoms with Crippen LogP contribution in [0.2, 0.25) is 0 Å². The molecule has 0 fully saturated rings. The highest BCUT2D eigenvalue weighted by Gasteiger charge is 2.20. The Hall–Kier alpha value is -3.88. The fourth-order valence-corrected chi connectivity index (χ4v) is 8.97. The van der Waals surface area contributed by atoms with Gasteiger partial charge < -0.3 is 9.80 Å². The molecule has 4 aromatic carbocycles. The van der Waals surface area contributed by atoms with E-state index in [-0.39, 0.29) is 0 Å². The molecule has 0 aromatic heterocycles. The van der Waals surface area contributed by atoms with Gasteiger partial charge in [-0.15, -0.1) is 0 Å². The van der Waals surface area contributed by atoms with E-state index in [0.717, 1.165) is 46.5 Å². The van der Waals surface area contributed by atoms with Gasteiger partial charge in [-0.3, -0.25) is 19.2 Å². The SMILES string of the molecule is CCCCCCCCN(CCCCCCCC)c1ccc(C(=O)C(=O)c2ccc(N(CCCCCCCC)CCCCCCCC)cc2)cc1.O=C(C(=O)c1ccc(Br)cc1)c1ccc(Br)cc1. The van der Waals surface area contributed by atoms with Crippen LogP contribution in [0.5, 0.6) is 0 Å². The molecule has 4 rings (SSSR count). The second-order valence-electron chi connectivity index (χ2n) is 18.5. The fourth-order valence-electron chi connectivity index (χ4n) is 8.45. The van der Waals surface area contributed by atoms with Crippen LogP contribution in [0, 0.1) is 0 Å². The number of halogens is 2. The average Bonchev–Trinajstić information content (AvgIpc) is 3.36. The molecular formula is C60H84Br2N2O4. The largest absolute Gasteiger partial charge is 0.372 e. The number of rotatable bonds is 36. The summed E-state index contributed by atoms with van der Waals surface area (Å²) in [6.45, 7) is 13.3. The van der Waals surface area contributed by atoms with Gasteiger partial charge in [0.25, 0.3) is 0 Å². The summed E-state index contributed by atoms with van der Waals surface area (Å²) in [6, 6.07) is 29.1. The first-order valence-electron chi connectivity index (χ1n) is 26.5. The van der Waals surface area contributed by atoms with Gasteiger partial charge in [-0.25, -0.2) is 0 Å². The quantitative estimate of drug-likeness (QED) is 0.0257. The number of anilines is 2. The van der Waals surface area contributed by atoms with Crippen molar-refractivity contribution < 1.29 is 19.2 Å². The van der Waals surface area contributed by atoms with E-state index in [1.807, 2.05) is 24.3 Å².